The maximum atomic E-state index is 12.4. The van der Waals surface area contributed by atoms with E-state index in [1.807, 2.05) is 20.0 Å². The molecule has 0 aliphatic carbocycles. The first-order chi connectivity index (χ1) is 11.6. The third kappa shape index (κ3) is 3.38. The lowest BCUT2D eigenvalue weighted by Gasteiger charge is -2.34. The van der Waals surface area contributed by atoms with Crippen LogP contribution in [0, 0.1) is 18.3 Å². The van der Waals surface area contributed by atoms with Gasteiger partial charge in [0.25, 0.3) is 5.91 Å². The first kappa shape index (κ1) is 16.0. The molecular weight excluding hydrogens is 304 g/mol. The number of nitriles is 1. The summed E-state index contributed by atoms with van der Waals surface area (Å²) in [5.41, 5.74) is 2.77. The van der Waals surface area contributed by atoms with Gasteiger partial charge in [0.05, 0.1) is 0 Å². The van der Waals surface area contributed by atoms with Crippen molar-refractivity contribution >= 4 is 11.6 Å². The van der Waals surface area contributed by atoms with Crippen molar-refractivity contribution in [3.63, 3.8) is 0 Å². The van der Waals surface area contributed by atoms with E-state index in [4.69, 9.17) is 5.26 Å². The van der Waals surface area contributed by atoms with Gasteiger partial charge in [0, 0.05) is 43.8 Å². The second-order valence-corrected chi connectivity index (χ2v) is 6.06. The van der Waals surface area contributed by atoms with E-state index in [2.05, 4.69) is 26.4 Å². The number of aromatic nitrogens is 3. The van der Waals surface area contributed by atoms with Crippen LogP contribution in [-0.4, -0.2) is 39.8 Å². The summed E-state index contributed by atoms with van der Waals surface area (Å²) in [5, 5.41) is 16.3. The van der Waals surface area contributed by atoms with E-state index in [0.717, 1.165) is 30.8 Å². The number of piperidine rings is 1. The van der Waals surface area contributed by atoms with Crippen LogP contribution in [0.2, 0.25) is 0 Å². The Morgan fingerprint density at radius 2 is 2.29 bits per heavy atom. The molecule has 2 aromatic rings. The lowest BCUT2D eigenvalue weighted by Crippen LogP contribution is -2.48. The van der Waals surface area contributed by atoms with Gasteiger partial charge in [-0.2, -0.15) is 10.4 Å². The summed E-state index contributed by atoms with van der Waals surface area (Å²) < 4.78 is 1.70. The van der Waals surface area contributed by atoms with Gasteiger partial charge in [-0.3, -0.25) is 9.48 Å². The molecule has 1 aliphatic rings. The molecule has 1 unspecified atom stereocenters. The van der Waals surface area contributed by atoms with Crippen molar-refractivity contribution < 1.29 is 4.79 Å². The monoisotopic (exact) mass is 324 g/mol. The fourth-order valence-electron chi connectivity index (χ4n) is 2.94. The van der Waals surface area contributed by atoms with Crippen molar-refractivity contribution in [3.8, 4) is 6.07 Å². The zero-order valence-corrected chi connectivity index (χ0v) is 13.9. The van der Waals surface area contributed by atoms with E-state index in [9.17, 15) is 4.79 Å². The number of rotatable bonds is 3. The molecule has 3 heterocycles. The number of carbonyl (C=O) groups is 1. The minimum Gasteiger partial charge on any atom is -0.369 e. The number of hydrogen-bond acceptors (Lipinski definition) is 5. The summed E-state index contributed by atoms with van der Waals surface area (Å²) in [6, 6.07) is 7.59. The SMILES string of the molecule is Cc1cc(C(=O)NC2CCCN(c3ccnc(C#N)c3)C2)nn1C. The summed E-state index contributed by atoms with van der Waals surface area (Å²) in [6.45, 7) is 3.54. The summed E-state index contributed by atoms with van der Waals surface area (Å²) >= 11 is 0. The zero-order chi connectivity index (χ0) is 17.1. The van der Waals surface area contributed by atoms with Gasteiger partial charge >= 0.3 is 0 Å². The molecule has 124 valence electrons. The number of nitrogens with one attached hydrogen (secondary N) is 1. The number of carbonyl (C=O) groups excluding carboxylic acids is 1. The predicted molar refractivity (Wildman–Crippen MR) is 89.6 cm³/mol. The van der Waals surface area contributed by atoms with Crippen molar-refractivity contribution in [3.05, 3.63) is 41.5 Å². The van der Waals surface area contributed by atoms with Crippen LogP contribution < -0.4 is 10.2 Å². The van der Waals surface area contributed by atoms with Crippen molar-refractivity contribution in [2.75, 3.05) is 18.0 Å². The van der Waals surface area contributed by atoms with Crippen molar-refractivity contribution in [2.45, 2.75) is 25.8 Å². The van der Waals surface area contributed by atoms with Gasteiger partial charge in [0.1, 0.15) is 17.5 Å². The molecule has 1 atom stereocenters. The Morgan fingerprint density at radius 1 is 1.46 bits per heavy atom. The molecule has 1 amide bonds. The van der Waals surface area contributed by atoms with Crippen LogP contribution in [0.15, 0.2) is 24.4 Å². The molecule has 24 heavy (non-hydrogen) atoms. The maximum Gasteiger partial charge on any atom is 0.272 e. The molecule has 1 fully saturated rings. The van der Waals surface area contributed by atoms with Gasteiger partial charge in [0.2, 0.25) is 0 Å². The molecule has 1 aliphatic heterocycles. The molecule has 0 saturated carbocycles. The van der Waals surface area contributed by atoms with Gasteiger partial charge in [-0.15, -0.1) is 0 Å². The standard InChI is InChI=1S/C17H20N6O/c1-12-8-16(21-22(12)2)17(24)20-13-4-3-7-23(11-13)15-5-6-19-14(9-15)10-18/h5-6,8-9,13H,3-4,7,11H2,1-2H3,(H,20,24). The highest BCUT2D eigenvalue weighted by molar-refractivity contribution is 5.92. The molecule has 0 spiro atoms. The summed E-state index contributed by atoms with van der Waals surface area (Å²) in [6.07, 6.45) is 3.56. The van der Waals surface area contributed by atoms with Crippen molar-refractivity contribution in [1.82, 2.24) is 20.1 Å². The molecule has 2 aromatic heterocycles. The van der Waals surface area contributed by atoms with Crippen LogP contribution in [0.1, 0.15) is 34.7 Å². The van der Waals surface area contributed by atoms with Crippen LogP contribution in [-0.2, 0) is 7.05 Å². The first-order valence-corrected chi connectivity index (χ1v) is 7.99. The number of amides is 1. The van der Waals surface area contributed by atoms with Crippen LogP contribution >= 0.6 is 0 Å². The zero-order valence-electron chi connectivity index (χ0n) is 13.9. The second kappa shape index (κ2) is 6.71. The molecule has 0 radical (unpaired) electrons. The van der Waals surface area contributed by atoms with Gasteiger partial charge < -0.3 is 10.2 Å². The molecule has 3 rings (SSSR count). The Kier molecular flexibility index (Phi) is 4.47. The van der Waals surface area contributed by atoms with Gasteiger partial charge in [-0.1, -0.05) is 0 Å². The summed E-state index contributed by atoms with van der Waals surface area (Å²) in [5.74, 6) is -0.141. The number of aryl methyl sites for hydroxylation is 2. The highest BCUT2D eigenvalue weighted by atomic mass is 16.2. The highest BCUT2D eigenvalue weighted by Gasteiger charge is 2.23. The maximum absolute atomic E-state index is 12.4. The van der Waals surface area contributed by atoms with E-state index in [1.54, 1.807) is 23.0 Å². The van der Waals surface area contributed by atoms with Crippen LogP contribution in [0.25, 0.3) is 0 Å². The Hall–Kier alpha value is -2.88. The molecule has 0 bridgehead atoms. The van der Waals surface area contributed by atoms with Crippen LogP contribution in [0.4, 0.5) is 5.69 Å². The number of nitrogens with zero attached hydrogens (tertiary/aromatic N) is 5. The molecule has 1 N–H and O–H groups in total. The average molecular weight is 324 g/mol. The smallest absolute Gasteiger partial charge is 0.272 e. The third-order valence-electron chi connectivity index (χ3n) is 4.33. The lowest BCUT2D eigenvalue weighted by molar-refractivity contribution is 0.0927. The molecular formula is C17H20N6O. The quantitative estimate of drug-likeness (QED) is 0.922. The van der Waals surface area contributed by atoms with E-state index in [-0.39, 0.29) is 11.9 Å². The largest absolute Gasteiger partial charge is 0.369 e. The third-order valence-corrected chi connectivity index (χ3v) is 4.33. The summed E-state index contributed by atoms with van der Waals surface area (Å²) in [7, 11) is 1.82. The Balaban J connectivity index is 1.67. The van der Waals surface area contributed by atoms with Crippen molar-refractivity contribution in [2.24, 2.45) is 7.05 Å². The van der Waals surface area contributed by atoms with Gasteiger partial charge in [-0.25, -0.2) is 4.98 Å². The fraction of sp³-hybridized carbons (Fsp3) is 0.412. The summed E-state index contributed by atoms with van der Waals surface area (Å²) in [4.78, 5) is 18.5. The molecule has 7 heteroatoms. The second-order valence-electron chi connectivity index (χ2n) is 6.06. The topological polar surface area (TPSA) is 86.8 Å². The van der Waals surface area contributed by atoms with E-state index in [1.165, 1.54) is 0 Å². The number of hydrogen-bond donors (Lipinski definition) is 1. The highest BCUT2D eigenvalue weighted by Crippen LogP contribution is 2.20. The van der Waals surface area contributed by atoms with Crippen LogP contribution in [0.5, 0.6) is 0 Å². The Labute approximate surface area is 140 Å². The minimum absolute atomic E-state index is 0.0623. The van der Waals surface area contributed by atoms with Crippen molar-refractivity contribution in [1.29, 1.82) is 5.26 Å². The molecule has 1 saturated heterocycles. The number of anilines is 1. The molecule has 7 nitrogen and oxygen atoms in total. The van der Waals surface area contributed by atoms with Gasteiger partial charge in [0.15, 0.2) is 0 Å². The van der Waals surface area contributed by atoms with Gasteiger partial charge in [-0.05, 0) is 38.0 Å². The Morgan fingerprint density at radius 3 is 3.00 bits per heavy atom. The van der Waals surface area contributed by atoms with Crippen LogP contribution in [0.3, 0.4) is 0 Å². The average Bonchev–Trinajstić information content (AvgIpc) is 2.94. The normalized spacial score (nSPS) is 17.4. The van der Waals surface area contributed by atoms with E-state index < -0.39 is 0 Å². The first-order valence-electron chi connectivity index (χ1n) is 7.99. The fourth-order valence-corrected chi connectivity index (χ4v) is 2.94. The van der Waals surface area contributed by atoms with E-state index in [0.29, 0.717) is 17.9 Å². The van der Waals surface area contributed by atoms with E-state index >= 15 is 0 Å². The lowest BCUT2D eigenvalue weighted by atomic mass is 10.0. The molecule has 0 aromatic carbocycles. The predicted octanol–water partition coefficient (Wildman–Crippen LogP) is 1.39. The Bertz CT molecular complexity index is 771. The minimum atomic E-state index is -0.141. The number of pyridine rings is 1.